The van der Waals surface area contributed by atoms with Crippen molar-refractivity contribution in [3.05, 3.63) is 52.2 Å². The van der Waals surface area contributed by atoms with Gasteiger partial charge in [-0.1, -0.05) is 17.7 Å². The van der Waals surface area contributed by atoms with Crippen molar-refractivity contribution in [1.82, 2.24) is 4.90 Å². The third-order valence-electron chi connectivity index (χ3n) is 5.16. The van der Waals surface area contributed by atoms with Crippen LogP contribution in [0.5, 0.6) is 0 Å². The molecule has 0 N–H and O–H groups in total. The first kappa shape index (κ1) is 15.4. The van der Waals surface area contributed by atoms with Gasteiger partial charge in [-0.05, 0) is 36.9 Å². The topological polar surface area (TPSA) is 40.6 Å². The van der Waals surface area contributed by atoms with Gasteiger partial charge in [0, 0.05) is 42.5 Å². The molecule has 2 aromatic rings. The molecule has 124 valence electrons. The minimum absolute atomic E-state index is 0.0896. The van der Waals surface area contributed by atoms with Gasteiger partial charge in [-0.15, -0.1) is 0 Å². The molecule has 4 nitrogen and oxygen atoms in total. The molecule has 3 heterocycles. The minimum atomic E-state index is -0.0896. The molecule has 0 radical (unpaired) electrons. The maximum Gasteiger partial charge on any atom is 0.254 e. The van der Waals surface area contributed by atoms with Gasteiger partial charge in [0.25, 0.3) is 5.91 Å². The lowest BCUT2D eigenvalue weighted by Gasteiger charge is -2.24. The summed E-state index contributed by atoms with van der Waals surface area (Å²) in [6.45, 7) is 4.17. The molecule has 2 fully saturated rings. The lowest BCUT2D eigenvalue weighted by atomic mass is 9.86. The van der Waals surface area contributed by atoms with Gasteiger partial charge in [0.1, 0.15) is 0 Å². The summed E-state index contributed by atoms with van der Waals surface area (Å²) < 4.78 is 0. The van der Waals surface area contributed by atoms with Crippen molar-refractivity contribution in [2.75, 3.05) is 24.5 Å². The fourth-order valence-electron chi connectivity index (χ4n) is 3.81. The lowest BCUT2D eigenvalue weighted by Crippen LogP contribution is -2.34. The zero-order valence-corrected chi connectivity index (χ0v) is 14.5. The first-order valence-electron chi connectivity index (χ1n) is 8.25. The van der Waals surface area contributed by atoms with Gasteiger partial charge < -0.3 is 9.80 Å². The summed E-state index contributed by atoms with van der Waals surface area (Å²) in [6, 6.07) is 9.96. The third-order valence-corrected chi connectivity index (χ3v) is 5.84. The minimum Gasteiger partial charge on any atom is -0.338 e. The molecule has 4 rings (SSSR count). The average Bonchev–Trinajstić information content (AvgIpc) is 3.29. The van der Waals surface area contributed by atoms with Crippen LogP contribution in [0.3, 0.4) is 0 Å². The maximum atomic E-state index is 12.6. The predicted octanol–water partition coefficient (Wildman–Crippen LogP) is 3.33. The second kappa shape index (κ2) is 5.74. The second-order valence-corrected chi connectivity index (χ2v) is 7.76. The molecule has 1 aromatic heterocycles. The number of amides is 2. The first-order valence-corrected chi connectivity index (χ1v) is 9.19. The Hall–Kier alpha value is -2.14. The van der Waals surface area contributed by atoms with Crippen LogP contribution in [0.4, 0.5) is 5.69 Å². The highest BCUT2D eigenvalue weighted by molar-refractivity contribution is 7.08. The Kier molecular flexibility index (Phi) is 3.68. The summed E-state index contributed by atoms with van der Waals surface area (Å²) in [7, 11) is 0. The van der Waals surface area contributed by atoms with E-state index in [2.05, 4.69) is 0 Å². The van der Waals surface area contributed by atoms with Gasteiger partial charge in [-0.25, -0.2) is 0 Å². The van der Waals surface area contributed by atoms with E-state index in [0.717, 1.165) is 24.2 Å². The molecule has 2 aliphatic rings. The van der Waals surface area contributed by atoms with E-state index in [-0.39, 0.29) is 17.2 Å². The summed E-state index contributed by atoms with van der Waals surface area (Å²) in [5.41, 5.74) is 2.82. The van der Waals surface area contributed by atoms with Crippen molar-refractivity contribution in [3.8, 4) is 0 Å². The number of benzene rings is 1. The molecule has 0 saturated carbocycles. The Balaban J connectivity index is 1.50. The van der Waals surface area contributed by atoms with E-state index < -0.39 is 0 Å². The molecule has 1 aromatic carbocycles. The Labute approximate surface area is 145 Å². The number of rotatable bonds is 2. The van der Waals surface area contributed by atoms with E-state index in [1.807, 2.05) is 57.8 Å². The van der Waals surface area contributed by atoms with Crippen molar-refractivity contribution in [1.29, 1.82) is 0 Å². The second-order valence-electron chi connectivity index (χ2n) is 6.98. The summed E-state index contributed by atoms with van der Waals surface area (Å²) in [4.78, 5) is 28.9. The molecule has 2 aliphatic heterocycles. The van der Waals surface area contributed by atoms with Gasteiger partial charge in [-0.3, -0.25) is 9.59 Å². The van der Waals surface area contributed by atoms with Crippen molar-refractivity contribution < 1.29 is 9.59 Å². The summed E-state index contributed by atoms with van der Waals surface area (Å²) in [6.07, 6.45) is 1.44. The highest BCUT2D eigenvalue weighted by Crippen LogP contribution is 2.42. The molecule has 24 heavy (non-hydrogen) atoms. The van der Waals surface area contributed by atoms with Gasteiger partial charge in [-0.2, -0.15) is 11.3 Å². The number of hydrogen-bond acceptors (Lipinski definition) is 3. The van der Waals surface area contributed by atoms with E-state index >= 15 is 0 Å². The maximum absolute atomic E-state index is 12.6. The van der Waals surface area contributed by atoms with Crippen LogP contribution in [-0.4, -0.2) is 36.3 Å². The Morgan fingerprint density at radius 1 is 1.17 bits per heavy atom. The highest BCUT2D eigenvalue weighted by Gasteiger charge is 2.48. The zero-order valence-electron chi connectivity index (χ0n) is 13.7. The smallest absolute Gasteiger partial charge is 0.254 e. The summed E-state index contributed by atoms with van der Waals surface area (Å²) in [5, 5.41) is 3.82. The van der Waals surface area contributed by atoms with Crippen LogP contribution in [0, 0.1) is 12.3 Å². The molecule has 1 unspecified atom stereocenters. The zero-order chi connectivity index (χ0) is 16.7. The molecule has 5 heteroatoms. The van der Waals surface area contributed by atoms with Crippen LogP contribution in [0.25, 0.3) is 0 Å². The summed E-state index contributed by atoms with van der Waals surface area (Å²) >= 11 is 1.54. The average molecular weight is 340 g/mol. The van der Waals surface area contributed by atoms with Crippen molar-refractivity contribution in [2.24, 2.45) is 5.41 Å². The van der Waals surface area contributed by atoms with Gasteiger partial charge in [0.15, 0.2) is 0 Å². The van der Waals surface area contributed by atoms with Crippen LogP contribution in [0.15, 0.2) is 41.1 Å². The summed E-state index contributed by atoms with van der Waals surface area (Å²) in [5.74, 6) is 0.262. The highest BCUT2D eigenvalue weighted by atomic mass is 32.1. The fraction of sp³-hybridized carbons (Fsp3) is 0.368. The molecule has 1 spiro atoms. The molecule has 0 bridgehead atoms. The van der Waals surface area contributed by atoms with Crippen molar-refractivity contribution in [2.45, 2.75) is 19.8 Å². The molecular formula is C19H20N2O2S. The monoisotopic (exact) mass is 340 g/mol. The molecule has 0 aliphatic carbocycles. The number of hydrogen-bond donors (Lipinski definition) is 0. The number of aryl methyl sites for hydroxylation is 1. The number of likely N-dealkylation sites (tertiary alicyclic amines) is 1. The molecule has 2 saturated heterocycles. The van der Waals surface area contributed by atoms with Crippen LogP contribution >= 0.6 is 11.3 Å². The van der Waals surface area contributed by atoms with E-state index in [1.165, 1.54) is 16.9 Å². The molecular weight excluding hydrogens is 320 g/mol. The largest absolute Gasteiger partial charge is 0.338 e. The van der Waals surface area contributed by atoms with Crippen LogP contribution in [-0.2, 0) is 4.79 Å². The van der Waals surface area contributed by atoms with Crippen LogP contribution in [0.2, 0.25) is 0 Å². The van der Waals surface area contributed by atoms with E-state index in [4.69, 9.17) is 0 Å². The molecule has 2 amide bonds. The van der Waals surface area contributed by atoms with Gasteiger partial charge in [0.05, 0.1) is 5.56 Å². The van der Waals surface area contributed by atoms with Crippen molar-refractivity contribution >= 4 is 28.8 Å². The third kappa shape index (κ3) is 2.63. The number of nitrogens with zero attached hydrogens (tertiary/aromatic N) is 2. The van der Waals surface area contributed by atoms with Crippen molar-refractivity contribution in [3.63, 3.8) is 0 Å². The Morgan fingerprint density at radius 3 is 2.67 bits per heavy atom. The SMILES string of the molecule is Cc1ccc(N2CC3(CCN(C(=O)c4ccsc4)C3)CC2=O)cc1. The van der Waals surface area contributed by atoms with Crippen LogP contribution < -0.4 is 4.90 Å². The van der Waals surface area contributed by atoms with E-state index in [9.17, 15) is 9.59 Å². The Bertz CT molecular complexity index is 769. The lowest BCUT2D eigenvalue weighted by molar-refractivity contribution is -0.117. The van der Waals surface area contributed by atoms with Gasteiger partial charge >= 0.3 is 0 Å². The van der Waals surface area contributed by atoms with Crippen LogP contribution in [0.1, 0.15) is 28.8 Å². The molecule has 1 atom stereocenters. The normalized spacial score (nSPS) is 23.5. The predicted molar refractivity (Wildman–Crippen MR) is 95.4 cm³/mol. The number of thiophene rings is 1. The number of carbonyl (C=O) groups is 2. The van der Waals surface area contributed by atoms with E-state index in [1.54, 1.807) is 0 Å². The fourth-order valence-corrected chi connectivity index (χ4v) is 4.44. The first-order chi connectivity index (χ1) is 11.6. The van der Waals surface area contributed by atoms with Gasteiger partial charge in [0.2, 0.25) is 5.91 Å². The quantitative estimate of drug-likeness (QED) is 0.841. The number of anilines is 1. The van der Waals surface area contributed by atoms with E-state index in [0.29, 0.717) is 19.5 Å². The standard InChI is InChI=1S/C19H20N2O2S/c1-14-2-4-16(5-3-14)21-13-19(10-17(21)22)7-8-20(12-19)18(23)15-6-9-24-11-15/h2-6,9,11H,7-8,10,12-13H2,1H3. The Morgan fingerprint density at radius 2 is 1.96 bits per heavy atom. The number of carbonyl (C=O) groups excluding carboxylic acids is 2.